The van der Waals surface area contributed by atoms with Crippen molar-refractivity contribution in [2.75, 3.05) is 6.54 Å². The van der Waals surface area contributed by atoms with Crippen molar-refractivity contribution in [3.63, 3.8) is 0 Å². The fourth-order valence-electron chi connectivity index (χ4n) is 3.21. The largest absolute Gasteiger partial charge is 0.438 e. The molecule has 0 saturated carbocycles. The molecule has 0 aliphatic heterocycles. The van der Waals surface area contributed by atoms with E-state index in [2.05, 4.69) is 9.82 Å². The molecule has 0 atom stereocenters. The number of aryl methyl sites for hydroxylation is 1. The van der Waals surface area contributed by atoms with Crippen LogP contribution in [0.15, 0.2) is 54.6 Å². The molecule has 1 aromatic heterocycles. The average molecular weight is 517 g/mol. The van der Waals surface area contributed by atoms with Crippen molar-refractivity contribution in [1.29, 1.82) is 0 Å². The van der Waals surface area contributed by atoms with E-state index in [4.69, 9.17) is 16.3 Å². The van der Waals surface area contributed by atoms with Crippen LogP contribution in [0.2, 0.25) is 5.02 Å². The van der Waals surface area contributed by atoms with Crippen molar-refractivity contribution in [3.05, 3.63) is 65.2 Å². The summed E-state index contributed by atoms with van der Waals surface area (Å²) in [6.45, 7) is 3.92. The van der Waals surface area contributed by atoms with Gasteiger partial charge in [0.05, 0.1) is 11.2 Å². The lowest BCUT2D eigenvalue weighted by atomic mass is 9.93. The molecular formula is C22H24ClF3N4O3S. The van der Waals surface area contributed by atoms with E-state index >= 15 is 0 Å². The minimum Gasteiger partial charge on any atom is -0.438 e. The number of benzene rings is 2. The topological polar surface area (TPSA) is 85.2 Å². The van der Waals surface area contributed by atoms with Crippen LogP contribution in [0.3, 0.4) is 0 Å². The Morgan fingerprint density at radius 3 is 2.38 bits per heavy atom. The first-order chi connectivity index (χ1) is 15.8. The second kappa shape index (κ2) is 9.95. The van der Waals surface area contributed by atoms with Gasteiger partial charge < -0.3 is 4.74 Å². The summed E-state index contributed by atoms with van der Waals surface area (Å²) in [5.74, 6) is 0.924. The van der Waals surface area contributed by atoms with Crippen LogP contribution in [0.4, 0.5) is 13.2 Å². The van der Waals surface area contributed by atoms with Crippen LogP contribution in [0.1, 0.15) is 26.3 Å². The maximum atomic E-state index is 12.4. The van der Waals surface area contributed by atoms with E-state index < -0.39 is 28.5 Å². The number of ether oxygens (including phenoxy) is 1. The predicted molar refractivity (Wildman–Crippen MR) is 124 cm³/mol. The molecule has 0 aliphatic rings. The molecule has 3 rings (SSSR count). The van der Waals surface area contributed by atoms with Crippen LogP contribution in [-0.2, 0) is 22.3 Å². The summed E-state index contributed by atoms with van der Waals surface area (Å²) in [5, 5.41) is 5.03. The van der Waals surface area contributed by atoms with Gasteiger partial charge in [0.1, 0.15) is 12.3 Å². The Bertz CT molecular complexity index is 1240. The maximum Gasteiger partial charge on any atom is 0.402 e. The minimum atomic E-state index is -4.66. The molecule has 7 nitrogen and oxygen atoms in total. The first-order valence-electron chi connectivity index (χ1n) is 10.3. The molecule has 0 unspecified atom stereocenters. The van der Waals surface area contributed by atoms with Crippen molar-refractivity contribution in [1.82, 2.24) is 19.2 Å². The Labute approximate surface area is 201 Å². The zero-order valence-corrected chi connectivity index (χ0v) is 20.2. The van der Waals surface area contributed by atoms with Gasteiger partial charge in [-0.05, 0) is 56.7 Å². The van der Waals surface area contributed by atoms with E-state index in [9.17, 15) is 21.6 Å². The van der Waals surface area contributed by atoms with E-state index in [-0.39, 0.29) is 0 Å². The summed E-state index contributed by atoms with van der Waals surface area (Å²) >= 11 is 5.90. The van der Waals surface area contributed by atoms with Gasteiger partial charge in [-0.3, -0.25) is 4.68 Å². The van der Waals surface area contributed by atoms with Crippen LogP contribution < -0.4 is 14.2 Å². The minimum absolute atomic E-state index is 0.362. The summed E-state index contributed by atoms with van der Waals surface area (Å²) in [4.78, 5) is 0. The van der Waals surface area contributed by atoms with Crippen LogP contribution >= 0.6 is 11.6 Å². The molecule has 184 valence electrons. The third-order valence-electron chi connectivity index (χ3n) is 4.83. The number of hydrogen-bond donors (Lipinski definition) is 2. The average Bonchev–Trinajstić information content (AvgIpc) is 3.16. The molecule has 2 N–H and O–H groups in total. The first-order valence-corrected chi connectivity index (χ1v) is 12.1. The van der Waals surface area contributed by atoms with Crippen LogP contribution in [0.25, 0.3) is 11.3 Å². The Balaban J connectivity index is 1.85. The van der Waals surface area contributed by atoms with Gasteiger partial charge in [-0.15, -0.1) is 5.10 Å². The van der Waals surface area contributed by atoms with Gasteiger partial charge in [-0.2, -0.15) is 31.0 Å². The lowest BCUT2D eigenvalue weighted by Crippen LogP contribution is -2.48. The molecule has 1 heterocycles. The van der Waals surface area contributed by atoms with Crippen LogP contribution in [-0.4, -0.2) is 30.9 Å². The van der Waals surface area contributed by atoms with Crippen molar-refractivity contribution < 1.29 is 26.3 Å². The maximum absolute atomic E-state index is 12.4. The third kappa shape index (κ3) is 6.95. The zero-order valence-electron chi connectivity index (χ0n) is 18.6. The number of nitrogens with zero attached hydrogens (tertiary/aromatic N) is 2. The molecule has 3 aromatic rings. The highest BCUT2D eigenvalue weighted by Crippen LogP contribution is 2.31. The molecule has 2 aromatic carbocycles. The number of rotatable bonds is 9. The van der Waals surface area contributed by atoms with E-state index in [1.165, 1.54) is 4.72 Å². The van der Waals surface area contributed by atoms with Crippen molar-refractivity contribution >= 4 is 21.8 Å². The van der Waals surface area contributed by atoms with Crippen molar-refractivity contribution in [3.8, 4) is 22.9 Å². The number of alkyl halides is 3. The molecule has 0 fully saturated rings. The number of nitrogens with one attached hydrogen (secondary N) is 2. The third-order valence-corrected chi connectivity index (χ3v) is 6.38. The second-order valence-electron chi connectivity index (χ2n) is 7.99. The smallest absolute Gasteiger partial charge is 0.402 e. The lowest BCUT2D eigenvalue weighted by Gasteiger charge is -2.27. The summed E-state index contributed by atoms with van der Waals surface area (Å²) in [7, 11) is -4.41. The fourth-order valence-corrected chi connectivity index (χ4v) is 4.56. The van der Waals surface area contributed by atoms with Crippen molar-refractivity contribution in [2.45, 2.75) is 39.0 Å². The number of halogens is 4. The number of hydrogen-bond acceptors (Lipinski definition) is 4. The second-order valence-corrected chi connectivity index (χ2v) is 9.92. The van der Waals surface area contributed by atoms with Gasteiger partial charge in [-0.1, -0.05) is 29.8 Å². The molecule has 0 bridgehead atoms. The van der Waals surface area contributed by atoms with E-state index in [1.807, 2.05) is 13.0 Å². The molecule has 0 aliphatic carbocycles. The Hall–Kier alpha value is -2.60. The molecule has 0 saturated heterocycles. The highest BCUT2D eigenvalue weighted by molar-refractivity contribution is 7.87. The van der Waals surface area contributed by atoms with Gasteiger partial charge in [0, 0.05) is 23.2 Å². The van der Waals surface area contributed by atoms with Gasteiger partial charge in [0.15, 0.2) is 0 Å². The normalized spacial score (nSPS) is 12.7. The predicted octanol–water partition coefficient (Wildman–Crippen LogP) is 5.24. The number of aromatic nitrogens is 2. The first kappa shape index (κ1) is 26.0. The summed E-state index contributed by atoms with van der Waals surface area (Å²) in [6, 6.07) is 15.6. The summed E-state index contributed by atoms with van der Waals surface area (Å²) < 4.78 is 72.9. The van der Waals surface area contributed by atoms with Gasteiger partial charge in [-0.25, -0.2) is 0 Å². The highest BCUT2D eigenvalue weighted by atomic mass is 35.5. The SMILES string of the molecule is CCn1nc(Oc2ccc(Cl)cc2)cc1-c1cccc(C(C)(C)NS(=O)(=O)NCC(F)(F)F)c1. The Morgan fingerprint density at radius 1 is 1.09 bits per heavy atom. The Morgan fingerprint density at radius 2 is 1.76 bits per heavy atom. The Kier molecular flexibility index (Phi) is 7.61. The quantitative estimate of drug-likeness (QED) is 0.407. The molecular weight excluding hydrogens is 493 g/mol. The summed E-state index contributed by atoms with van der Waals surface area (Å²) in [5.41, 5.74) is 0.801. The van der Waals surface area contributed by atoms with E-state index in [0.717, 1.165) is 11.3 Å². The molecule has 0 spiro atoms. The highest BCUT2D eigenvalue weighted by Gasteiger charge is 2.32. The van der Waals surface area contributed by atoms with Crippen molar-refractivity contribution in [2.24, 2.45) is 0 Å². The molecule has 0 amide bonds. The molecule has 12 heteroatoms. The van der Waals surface area contributed by atoms with E-state index in [0.29, 0.717) is 28.8 Å². The fraction of sp³-hybridized carbons (Fsp3) is 0.318. The van der Waals surface area contributed by atoms with Gasteiger partial charge >= 0.3 is 6.18 Å². The summed E-state index contributed by atoms with van der Waals surface area (Å²) in [6.07, 6.45) is -4.66. The van der Waals surface area contributed by atoms with Gasteiger partial charge in [0.2, 0.25) is 5.88 Å². The van der Waals surface area contributed by atoms with Crippen LogP contribution in [0, 0.1) is 0 Å². The monoisotopic (exact) mass is 516 g/mol. The van der Waals surface area contributed by atoms with Crippen LogP contribution in [0.5, 0.6) is 11.6 Å². The molecule has 0 radical (unpaired) electrons. The van der Waals surface area contributed by atoms with Gasteiger partial charge in [0.25, 0.3) is 10.2 Å². The van der Waals surface area contributed by atoms with E-state index in [1.54, 1.807) is 67.1 Å². The standard InChI is InChI=1S/C22H24ClF3N4O3S/c1-4-30-19(13-20(28-30)33-18-10-8-17(23)9-11-18)15-6-5-7-16(12-15)21(2,3)29-34(31,32)27-14-22(24,25)26/h5-13,27,29H,4,14H2,1-3H3. The zero-order chi connectivity index (χ0) is 25.1. The molecule has 34 heavy (non-hydrogen) atoms. The lowest BCUT2D eigenvalue weighted by molar-refractivity contribution is -0.121.